The summed E-state index contributed by atoms with van der Waals surface area (Å²) in [5.74, 6) is 0.0417. The van der Waals surface area contributed by atoms with Crippen LogP contribution in [0.1, 0.15) is 25.7 Å². The second-order valence-electron chi connectivity index (χ2n) is 5.94. The molecule has 0 aliphatic carbocycles. The van der Waals surface area contributed by atoms with Gasteiger partial charge in [0.05, 0.1) is 16.7 Å². The molecule has 0 saturated carbocycles. The highest BCUT2D eigenvalue weighted by Crippen LogP contribution is 2.30. The predicted octanol–water partition coefficient (Wildman–Crippen LogP) is 2.70. The van der Waals surface area contributed by atoms with E-state index in [1.807, 2.05) is 4.90 Å². The minimum absolute atomic E-state index is 0.192. The van der Waals surface area contributed by atoms with Crippen LogP contribution in [-0.2, 0) is 0 Å². The van der Waals surface area contributed by atoms with Gasteiger partial charge in [0, 0.05) is 25.2 Å². The summed E-state index contributed by atoms with van der Waals surface area (Å²) < 4.78 is 14.1. The summed E-state index contributed by atoms with van der Waals surface area (Å²) in [6.45, 7) is 2.72. The number of nitro groups is 1. The van der Waals surface area contributed by atoms with Crippen LogP contribution in [0.3, 0.4) is 0 Å². The van der Waals surface area contributed by atoms with E-state index in [2.05, 4.69) is 5.32 Å². The Morgan fingerprint density at radius 2 is 2.19 bits per heavy atom. The molecular weight excluding hydrogens is 273 g/mol. The number of nitrogens with one attached hydrogen (secondary N) is 1. The van der Waals surface area contributed by atoms with Crippen LogP contribution >= 0.6 is 0 Å². The van der Waals surface area contributed by atoms with E-state index in [1.165, 1.54) is 31.4 Å². The van der Waals surface area contributed by atoms with Gasteiger partial charge in [-0.15, -0.1) is 0 Å². The molecule has 21 heavy (non-hydrogen) atoms. The van der Waals surface area contributed by atoms with Crippen molar-refractivity contribution in [3.05, 3.63) is 34.1 Å². The molecule has 114 valence electrons. The van der Waals surface area contributed by atoms with E-state index in [9.17, 15) is 14.5 Å². The zero-order valence-electron chi connectivity index (χ0n) is 11.9. The molecule has 2 atom stereocenters. The summed E-state index contributed by atoms with van der Waals surface area (Å²) in [5, 5.41) is 14.2. The van der Waals surface area contributed by atoms with Gasteiger partial charge in [0.15, 0.2) is 5.82 Å². The fourth-order valence-corrected chi connectivity index (χ4v) is 3.54. The Bertz CT molecular complexity index is 532. The van der Waals surface area contributed by atoms with E-state index in [1.54, 1.807) is 0 Å². The van der Waals surface area contributed by atoms with E-state index in [-0.39, 0.29) is 5.69 Å². The molecule has 2 aliphatic rings. The van der Waals surface area contributed by atoms with Crippen LogP contribution in [0, 0.1) is 21.8 Å². The number of benzene rings is 1. The predicted molar refractivity (Wildman–Crippen MR) is 79.0 cm³/mol. The molecule has 0 aromatic heterocycles. The average Bonchev–Trinajstić information content (AvgIpc) is 3.01. The molecule has 2 aliphatic heterocycles. The van der Waals surface area contributed by atoms with Gasteiger partial charge in [-0.3, -0.25) is 10.1 Å². The number of nitrogens with zero attached hydrogens (tertiary/aromatic N) is 2. The minimum Gasteiger partial charge on any atom is -0.369 e. The average molecular weight is 293 g/mol. The van der Waals surface area contributed by atoms with Gasteiger partial charge in [0.25, 0.3) is 5.69 Å². The molecule has 3 rings (SSSR count). The zero-order valence-corrected chi connectivity index (χ0v) is 11.9. The minimum atomic E-state index is -0.561. The lowest BCUT2D eigenvalue weighted by Gasteiger charge is -2.37. The van der Waals surface area contributed by atoms with Gasteiger partial charge in [-0.25, -0.2) is 4.39 Å². The van der Waals surface area contributed by atoms with Gasteiger partial charge in [-0.05, 0) is 44.2 Å². The number of hydrogen-bond acceptors (Lipinski definition) is 4. The van der Waals surface area contributed by atoms with E-state index in [4.69, 9.17) is 0 Å². The Labute approximate surface area is 123 Å². The quantitative estimate of drug-likeness (QED) is 0.687. The molecule has 0 spiro atoms. The Balaban J connectivity index is 1.75. The molecule has 0 bridgehead atoms. The van der Waals surface area contributed by atoms with Crippen molar-refractivity contribution in [3.8, 4) is 0 Å². The summed E-state index contributed by atoms with van der Waals surface area (Å²) in [4.78, 5) is 12.2. The number of rotatable bonds is 3. The first-order valence-electron chi connectivity index (χ1n) is 7.57. The molecule has 5 nitrogen and oxygen atoms in total. The number of halogens is 1. The smallest absolute Gasteiger partial charge is 0.272 e. The molecule has 1 N–H and O–H groups in total. The molecule has 1 aromatic rings. The van der Waals surface area contributed by atoms with Crippen LogP contribution in [0.25, 0.3) is 0 Å². The summed E-state index contributed by atoms with van der Waals surface area (Å²) in [5.41, 5.74) is 0.297. The SMILES string of the molecule is O=[N+]([O-])c1ccc(N2CCCC(C3CCCN3)C2)c(F)c1. The van der Waals surface area contributed by atoms with Gasteiger partial charge < -0.3 is 10.2 Å². The van der Waals surface area contributed by atoms with Crippen LogP contribution in [-0.4, -0.2) is 30.6 Å². The highest BCUT2D eigenvalue weighted by Gasteiger charge is 2.30. The van der Waals surface area contributed by atoms with Crippen molar-refractivity contribution in [2.75, 3.05) is 24.5 Å². The van der Waals surface area contributed by atoms with Crippen molar-refractivity contribution >= 4 is 11.4 Å². The number of non-ortho nitro benzene ring substituents is 1. The van der Waals surface area contributed by atoms with E-state index >= 15 is 0 Å². The maximum Gasteiger partial charge on any atom is 0.272 e. The number of hydrogen-bond donors (Lipinski definition) is 1. The summed E-state index contributed by atoms with van der Waals surface area (Å²) in [6.07, 6.45) is 4.62. The number of piperidine rings is 1. The highest BCUT2D eigenvalue weighted by molar-refractivity contribution is 5.52. The normalized spacial score (nSPS) is 26.0. The largest absolute Gasteiger partial charge is 0.369 e. The summed E-state index contributed by atoms with van der Waals surface area (Å²) >= 11 is 0. The Kier molecular flexibility index (Phi) is 4.05. The summed E-state index contributed by atoms with van der Waals surface area (Å²) in [7, 11) is 0. The lowest BCUT2D eigenvalue weighted by atomic mass is 9.89. The molecule has 2 unspecified atom stereocenters. The molecule has 0 amide bonds. The number of anilines is 1. The molecule has 2 saturated heterocycles. The molecule has 6 heteroatoms. The Hall–Kier alpha value is -1.69. The molecule has 1 aromatic carbocycles. The molecule has 2 fully saturated rings. The van der Waals surface area contributed by atoms with Crippen LogP contribution in [0.4, 0.5) is 15.8 Å². The first-order valence-corrected chi connectivity index (χ1v) is 7.57. The van der Waals surface area contributed by atoms with Crippen LogP contribution < -0.4 is 10.2 Å². The van der Waals surface area contributed by atoms with Crippen molar-refractivity contribution in [1.29, 1.82) is 0 Å². The Morgan fingerprint density at radius 3 is 2.86 bits per heavy atom. The standard InChI is InChI=1S/C15H20FN3O2/c16-13-9-12(19(20)21)5-6-15(13)18-8-2-3-11(10-18)14-4-1-7-17-14/h5-6,9,11,14,17H,1-4,7-8,10H2. The third-order valence-electron chi connectivity index (χ3n) is 4.61. The summed E-state index contributed by atoms with van der Waals surface area (Å²) in [6, 6.07) is 4.48. The van der Waals surface area contributed by atoms with Crippen LogP contribution in [0.2, 0.25) is 0 Å². The fourth-order valence-electron chi connectivity index (χ4n) is 3.54. The topological polar surface area (TPSA) is 58.4 Å². The lowest BCUT2D eigenvalue weighted by molar-refractivity contribution is -0.385. The molecular formula is C15H20FN3O2. The fraction of sp³-hybridized carbons (Fsp3) is 0.600. The third-order valence-corrected chi connectivity index (χ3v) is 4.61. The van der Waals surface area contributed by atoms with Crippen molar-refractivity contribution in [2.24, 2.45) is 5.92 Å². The van der Waals surface area contributed by atoms with Crippen molar-refractivity contribution in [3.63, 3.8) is 0 Å². The second kappa shape index (κ2) is 5.97. The van der Waals surface area contributed by atoms with E-state index in [0.717, 1.165) is 32.1 Å². The first kappa shape index (κ1) is 14.3. The lowest BCUT2D eigenvalue weighted by Crippen LogP contribution is -2.43. The molecule has 0 radical (unpaired) electrons. The zero-order chi connectivity index (χ0) is 14.8. The third kappa shape index (κ3) is 3.00. The number of nitro benzene ring substituents is 1. The van der Waals surface area contributed by atoms with Crippen LogP contribution in [0.15, 0.2) is 18.2 Å². The van der Waals surface area contributed by atoms with Gasteiger partial charge in [-0.1, -0.05) is 0 Å². The maximum absolute atomic E-state index is 14.1. The van der Waals surface area contributed by atoms with Crippen LogP contribution in [0.5, 0.6) is 0 Å². The van der Waals surface area contributed by atoms with Crippen molar-refractivity contribution in [2.45, 2.75) is 31.7 Å². The van der Waals surface area contributed by atoms with E-state index in [0.29, 0.717) is 17.6 Å². The first-order chi connectivity index (χ1) is 10.1. The highest BCUT2D eigenvalue weighted by atomic mass is 19.1. The van der Waals surface area contributed by atoms with Crippen molar-refractivity contribution in [1.82, 2.24) is 5.32 Å². The van der Waals surface area contributed by atoms with Gasteiger partial charge in [-0.2, -0.15) is 0 Å². The Morgan fingerprint density at radius 1 is 1.33 bits per heavy atom. The molecule has 2 heterocycles. The van der Waals surface area contributed by atoms with Gasteiger partial charge in [0.1, 0.15) is 0 Å². The van der Waals surface area contributed by atoms with Gasteiger partial charge in [0.2, 0.25) is 0 Å². The second-order valence-corrected chi connectivity index (χ2v) is 5.94. The van der Waals surface area contributed by atoms with Gasteiger partial charge >= 0.3 is 0 Å². The van der Waals surface area contributed by atoms with Crippen molar-refractivity contribution < 1.29 is 9.31 Å². The monoisotopic (exact) mass is 293 g/mol. The van der Waals surface area contributed by atoms with E-state index < -0.39 is 10.7 Å². The maximum atomic E-state index is 14.1.